The van der Waals surface area contributed by atoms with Gasteiger partial charge in [-0.25, -0.2) is 4.79 Å². The molecule has 0 bridgehead atoms. The van der Waals surface area contributed by atoms with E-state index < -0.39 is 0 Å². The smallest absolute Gasteiger partial charge is 0.314 e. The maximum absolute atomic E-state index is 11.8. The van der Waals surface area contributed by atoms with Crippen LogP contribution in [0.5, 0.6) is 0 Å². The van der Waals surface area contributed by atoms with Crippen molar-refractivity contribution in [2.24, 2.45) is 0 Å². The molecule has 1 fully saturated rings. The van der Waals surface area contributed by atoms with Crippen molar-refractivity contribution >= 4 is 17.8 Å². The maximum atomic E-state index is 11.8. The molecule has 1 saturated carbocycles. The van der Waals surface area contributed by atoms with Gasteiger partial charge in [-0.15, -0.1) is 11.8 Å². The number of hydrogen-bond donors (Lipinski definition) is 3. The molecule has 5 heteroatoms. The van der Waals surface area contributed by atoms with Crippen molar-refractivity contribution in [3.05, 3.63) is 30.3 Å². The lowest BCUT2D eigenvalue weighted by atomic mass is 10.1. The molecule has 0 unspecified atom stereocenters. The van der Waals surface area contributed by atoms with Crippen LogP contribution in [-0.2, 0) is 0 Å². The Hall–Kier alpha value is -1.20. The number of urea groups is 1. The minimum atomic E-state index is -0.136. The number of carbonyl (C=O) groups is 1. The van der Waals surface area contributed by atoms with E-state index in [1.165, 1.54) is 17.7 Å². The van der Waals surface area contributed by atoms with Gasteiger partial charge in [0, 0.05) is 29.3 Å². The average Bonchev–Trinajstić information content (AvgIpc) is 2.95. The minimum Gasteiger partial charge on any atom is -0.396 e. The maximum Gasteiger partial charge on any atom is 0.314 e. The van der Waals surface area contributed by atoms with Crippen molar-refractivity contribution in [3.63, 3.8) is 0 Å². The molecule has 0 saturated heterocycles. The average molecular weight is 308 g/mol. The van der Waals surface area contributed by atoms with Crippen LogP contribution in [0.4, 0.5) is 4.79 Å². The summed E-state index contributed by atoms with van der Waals surface area (Å²) in [5.74, 6) is 0. The van der Waals surface area contributed by atoms with Gasteiger partial charge in [0.15, 0.2) is 0 Å². The van der Waals surface area contributed by atoms with E-state index in [0.29, 0.717) is 19.5 Å². The number of amides is 2. The molecule has 0 radical (unpaired) electrons. The van der Waals surface area contributed by atoms with Gasteiger partial charge in [0.05, 0.1) is 0 Å². The van der Waals surface area contributed by atoms with Crippen molar-refractivity contribution in [2.75, 3.05) is 19.7 Å². The first-order valence-electron chi connectivity index (χ1n) is 7.61. The molecule has 0 atom stereocenters. The van der Waals surface area contributed by atoms with Crippen LogP contribution in [0.1, 0.15) is 32.1 Å². The van der Waals surface area contributed by atoms with E-state index in [2.05, 4.69) is 34.9 Å². The molecule has 3 N–H and O–H groups in total. The Balaban J connectivity index is 1.85. The molecular formula is C16H24N2O2S. The Morgan fingerprint density at radius 1 is 1.19 bits per heavy atom. The largest absolute Gasteiger partial charge is 0.396 e. The number of thioether (sulfide) groups is 1. The highest BCUT2D eigenvalue weighted by atomic mass is 32.2. The van der Waals surface area contributed by atoms with Crippen LogP contribution in [0.2, 0.25) is 0 Å². The van der Waals surface area contributed by atoms with E-state index >= 15 is 0 Å². The fourth-order valence-electron chi connectivity index (χ4n) is 2.66. The fraction of sp³-hybridized carbons (Fsp3) is 0.562. The van der Waals surface area contributed by atoms with Gasteiger partial charge in [-0.05, 0) is 31.4 Å². The molecule has 1 aromatic carbocycles. The zero-order valence-electron chi connectivity index (χ0n) is 12.3. The third-order valence-electron chi connectivity index (χ3n) is 3.78. The Morgan fingerprint density at radius 3 is 2.57 bits per heavy atom. The Morgan fingerprint density at radius 2 is 1.90 bits per heavy atom. The summed E-state index contributed by atoms with van der Waals surface area (Å²) in [6.45, 7) is 1.31. The highest BCUT2D eigenvalue weighted by Gasteiger charge is 2.35. The molecule has 116 valence electrons. The van der Waals surface area contributed by atoms with Crippen LogP contribution in [0.15, 0.2) is 35.2 Å². The first-order valence-corrected chi connectivity index (χ1v) is 8.42. The van der Waals surface area contributed by atoms with Gasteiger partial charge in [0.1, 0.15) is 0 Å². The summed E-state index contributed by atoms with van der Waals surface area (Å²) >= 11 is 1.89. The van der Waals surface area contributed by atoms with Crippen LogP contribution in [0.25, 0.3) is 0 Å². The summed E-state index contributed by atoms with van der Waals surface area (Å²) in [4.78, 5) is 13.0. The molecule has 1 aliphatic rings. The molecule has 4 nitrogen and oxygen atoms in total. The molecule has 1 aliphatic carbocycles. The van der Waals surface area contributed by atoms with Gasteiger partial charge in [0.25, 0.3) is 0 Å². The van der Waals surface area contributed by atoms with Crippen molar-refractivity contribution in [3.8, 4) is 0 Å². The minimum absolute atomic E-state index is 0.105. The number of carbonyl (C=O) groups excluding carboxylic acids is 1. The number of aliphatic hydroxyl groups is 1. The summed E-state index contributed by atoms with van der Waals surface area (Å²) in [6.07, 6.45) is 5.34. The monoisotopic (exact) mass is 308 g/mol. The summed E-state index contributed by atoms with van der Waals surface area (Å²) in [5.41, 5.74) is 0. The molecule has 0 aliphatic heterocycles. The van der Waals surface area contributed by atoms with E-state index in [1.807, 2.05) is 17.8 Å². The zero-order chi connectivity index (χ0) is 15.0. The van der Waals surface area contributed by atoms with Gasteiger partial charge >= 0.3 is 6.03 Å². The Kier molecular flexibility index (Phi) is 6.39. The highest BCUT2D eigenvalue weighted by Crippen LogP contribution is 2.44. The highest BCUT2D eigenvalue weighted by molar-refractivity contribution is 8.00. The predicted molar refractivity (Wildman–Crippen MR) is 86.6 cm³/mol. The third kappa shape index (κ3) is 5.25. The standard InChI is InChI=1S/C16H24N2O2S/c19-12-6-11-17-15(20)18-13-16(9-4-5-10-16)21-14-7-2-1-3-8-14/h1-3,7-8,19H,4-6,9-13H2,(H2,17,18,20). The van der Waals surface area contributed by atoms with Crippen molar-refractivity contribution < 1.29 is 9.90 Å². The van der Waals surface area contributed by atoms with Gasteiger partial charge in [-0.1, -0.05) is 31.0 Å². The first kappa shape index (κ1) is 16.2. The van der Waals surface area contributed by atoms with E-state index in [-0.39, 0.29) is 17.4 Å². The fourth-order valence-corrected chi connectivity index (χ4v) is 4.09. The normalized spacial score (nSPS) is 16.6. The lowest BCUT2D eigenvalue weighted by Gasteiger charge is -2.28. The number of rotatable bonds is 7. The van der Waals surface area contributed by atoms with Crippen molar-refractivity contribution in [1.82, 2.24) is 10.6 Å². The van der Waals surface area contributed by atoms with Crippen molar-refractivity contribution in [1.29, 1.82) is 0 Å². The van der Waals surface area contributed by atoms with Gasteiger partial charge in [0.2, 0.25) is 0 Å². The first-order chi connectivity index (χ1) is 10.2. The van der Waals surface area contributed by atoms with Gasteiger partial charge < -0.3 is 15.7 Å². The Bertz CT molecular complexity index is 433. The van der Waals surface area contributed by atoms with Crippen molar-refractivity contribution in [2.45, 2.75) is 41.7 Å². The summed E-state index contributed by atoms with van der Waals surface area (Å²) < 4.78 is 0.121. The van der Waals surface area contributed by atoms with E-state index in [0.717, 1.165) is 12.8 Å². The van der Waals surface area contributed by atoms with Crippen LogP contribution < -0.4 is 10.6 Å². The quantitative estimate of drug-likeness (QED) is 0.679. The predicted octanol–water partition coefficient (Wildman–Crippen LogP) is 2.77. The van der Waals surface area contributed by atoms with E-state index in [4.69, 9.17) is 5.11 Å². The van der Waals surface area contributed by atoms with E-state index in [9.17, 15) is 4.79 Å². The lowest BCUT2D eigenvalue weighted by Crippen LogP contribution is -2.43. The Labute approximate surface area is 130 Å². The number of aliphatic hydroxyl groups excluding tert-OH is 1. The summed E-state index contributed by atoms with van der Waals surface area (Å²) in [5, 5.41) is 14.5. The van der Waals surface area contributed by atoms with Crippen LogP contribution in [0, 0.1) is 0 Å². The topological polar surface area (TPSA) is 61.4 Å². The van der Waals surface area contributed by atoms with Gasteiger partial charge in [-0.2, -0.15) is 0 Å². The molecule has 0 heterocycles. The molecule has 21 heavy (non-hydrogen) atoms. The summed E-state index contributed by atoms with van der Waals surface area (Å²) in [6, 6.07) is 10.3. The second-order valence-electron chi connectivity index (χ2n) is 5.49. The van der Waals surface area contributed by atoms with Crippen LogP contribution in [0.3, 0.4) is 0 Å². The van der Waals surface area contributed by atoms with Crippen LogP contribution >= 0.6 is 11.8 Å². The molecule has 0 spiro atoms. The second kappa shape index (κ2) is 8.29. The van der Waals surface area contributed by atoms with Gasteiger partial charge in [-0.3, -0.25) is 0 Å². The SMILES string of the molecule is O=C(NCCCO)NCC1(Sc2ccccc2)CCCC1. The molecule has 2 rings (SSSR count). The zero-order valence-corrected chi connectivity index (χ0v) is 13.1. The summed E-state index contributed by atoms with van der Waals surface area (Å²) in [7, 11) is 0. The second-order valence-corrected chi connectivity index (χ2v) is 7.03. The molecular weight excluding hydrogens is 284 g/mol. The number of benzene rings is 1. The third-order valence-corrected chi connectivity index (χ3v) is 5.28. The molecule has 1 aromatic rings. The molecule has 2 amide bonds. The van der Waals surface area contributed by atoms with Crippen LogP contribution in [-0.4, -0.2) is 35.6 Å². The number of hydrogen-bond acceptors (Lipinski definition) is 3. The lowest BCUT2D eigenvalue weighted by molar-refractivity contribution is 0.237. The number of nitrogens with one attached hydrogen (secondary N) is 2. The van der Waals surface area contributed by atoms with E-state index in [1.54, 1.807) is 0 Å². The molecule has 0 aromatic heterocycles.